The molecule has 20 heavy (non-hydrogen) atoms. The number of nitrogens with zero attached hydrogens (tertiary/aromatic N) is 2. The molecule has 108 valence electrons. The minimum absolute atomic E-state index is 0.152. The zero-order chi connectivity index (χ0) is 14.3. The molecule has 0 bridgehead atoms. The number of amides is 2. The van der Waals surface area contributed by atoms with Crippen molar-refractivity contribution in [3.05, 3.63) is 23.3 Å². The Hall–Kier alpha value is -1.71. The van der Waals surface area contributed by atoms with Gasteiger partial charge < -0.3 is 10.6 Å². The molecule has 2 heterocycles. The molecule has 3 rings (SSSR count). The van der Waals surface area contributed by atoms with Gasteiger partial charge in [-0.3, -0.25) is 4.90 Å². The molecule has 1 aromatic rings. The highest BCUT2D eigenvalue weighted by atomic mass is 16.2. The summed E-state index contributed by atoms with van der Waals surface area (Å²) in [5.74, 6) is 0.739. The third-order valence-electron chi connectivity index (χ3n) is 4.65. The average Bonchev–Trinajstić information content (AvgIpc) is 2.82. The lowest BCUT2D eigenvalue weighted by atomic mass is 9.99. The second-order valence-corrected chi connectivity index (χ2v) is 6.19. The first kappa shape index (κ1) is 13.3. The van der Waals surface area contributed by atoms with Crippen molar-refractivity contribution in [1.29, 1.82) is 0 Å². The summed E-state index contributed by atoms with van der Waals surface area (Å²) < 4.78 is 0. The summed E-state index contributed by atoms with van der Waals surface area (Å²) in [7, 11) is 0. The van der Waals surface area contributed by atoms with Crippen molar-refractivity contribution < 1.29 is 4.79 Å². The largest absolute Gasteiger partial charge is 0.398 e. The fraction of sp³-hybridized carbons (Fsp3) is 0.562. The highest BCUT2D eigenvalue weighted by molar-refractivity contribution is 5.95. The molecule has 4 nitrogen and oxygen atoms in total. The third-order valence-corrected chi connectivity index (χ3v) is 4.65. The predicted molar refractivity (Wildman–Crippen MR) is 82.0 cm³/mol. The van der Waals surface area contributed by atoms with Crippen LogP contribution >= 0.6 is 0 Å². The predicted octanol–water partition coefficient (Wildman–Crippen LogP) is 2.79. The SMILES string of the molecule is Cc1cc2c(cc1N)N(C(=O)N1CCC(C)CC1)CC2. The Morgan fingerprint density at radius 2 is 1.95 bits per heavy atom. The van der Waals surface area contributed by atoms with Gasteiger partial charge in [0.2, 0.25) is 0 Å². The summed E-state index contributed by atoms with van der Waals surface area (Å²) in [6, 6.07) is 4.23. The van der Waals surface area contributed by atoms with Crippen LogP contribution < -0.4 is 10.6 Å². The summed E-state index contributed by atoms with van der Waals surface area (Å²) in [4.78, 5) is 16.6. The van der Waals surface area contributed by atoms with Crippen molar-refractivity contribution in [3.8, 4) is 0 Å². The van der Waals surface area contributed by atoms with Gasteiger partial charge >= 0.3 is 6.03 Å². The normalized spacial score (nSPS) is 19.3. The van der Waals surface area contributed by atoms with Crippen LogP contribution in [0.3, 0.4) is 0 Å². The summed E-state index contributed by atoms with van der Waals surface area (Å²) in [6.07, 6.45) is 3.16. The maximum atomic E-state index is 12.7. The molecular formula is C16H23N3O. The Kier molecular flexibility index (Phi) is 3.32. The Balaban J connectivity index is 1.80. The standard InChI is InChI=1S/C16H23N3O/c1-11-3-6-18(7-4-11)16(20)19-8-5-13-9-12(2)14(17)10-15(13)19/h9-11H,3-8,17H2,1-2H3. The average molecular weight is 273 g/mol. The molecule has 0 spiro atoms. The first-order valence-corrected chi connectivity index (χ1v) is 7.51. The monoisotopic (exact) mass is 273 g/mol. The van der Waals surface area contributed by atoms with Gasteiger partial charge in [-0.1, -0.05) is 13.0 Å². The molecule has 0 saturated carbocycles. The second-order valence-electron chi connectivity index (χ2n) is 6.19. The molecule has 0 aromatic heterocycles. The number of rotatable bonds is 0. The fourth-order valence-electron chi connectivity index (χ4n) is 3.15. The molecule has 0 aliphatic carbocycles. The number of nitrogen functional groups attached to an aromatic ring is 1. The Labute approximate surface area is 120 Å². The van der Waals surface area contributed by atoms with Crippen LogP contribution in [-0.4, -0.2) is 30.6 Å². The minimum atomic E-state index is 0.152. The number of carbonyl (C=O) groups is 1. The van der Waals surface area contributed by atoms with Crippen molar-refractivity contribution in [2.75, 3.05) is 30.3 Å². The van der Waals surface area contributed by atoms with E-state index in [-0.39, 0.29) is 6.03 Å². The van der Waals surface area contributed by atoms with Crippen molar-refractivity contribution in [2.24, 2.45) is 5.92 Å². The first-order valence-electron chi connectivity index (χ1n) is 7.51. The van der Waals surface area contributed by atoms with Gasteiger partial charge in [-0.05, 0) is 49.3 Å². The van der Waals surface area contributed by atoms with Crippen LogP contribution in [0.15, 0.2) is 12.1 Å². The summed E-state index contributed by atoms with van der Waals surface area (Å²) in [5, 5.41) is 0. The Morgan fingerprint density at radius 1 is 1.25 bits per heavy atom. The maximum Gasteiger partial charge on any atom is 0.324 e. The Morgan fingerprint density at radius 3 is 2.65 bits per heavy atom. The van der Waals surface area contributed by atoms with Gasteiger partial charge in [0.25, 0.3) is 0 Å². The van der Waals surface area contributed by atoms with Gasteiger partial charge in [-0.25, -0.2) is 4.79 Å². The number of anilines is 2. The van der Waals surface area contributed by atoms with Crippen molar-refractivity contribution in [2.45, 2.75) is 33.1 Å². The van der Waals surface area contributed by atoms with Gasteiger partial charge in [-0.15, -0.1) is 0 Å². The van der Waals surface area contributed by atoms with E-state index in [0.29, 0.717) is 0 Å². The highest BCUT2D eigenvalue weighted by Gasteiger charge is 2.30. The van der Waals surface area contributed by atoms with Crippen LogP contribution in [0.25, 0.3) is 0 Å². The van der Waals surface area contributed by atoms with Crippen molar-refractivity contribution in [1.82, 2.24) is 4.90 Å². The van der Waals surface area contributed by atoms with Crippen LogP contribution in [0, 0.1) is 12.8 Å². The second kappa shape index (κ2) is 5.00. The van der Waals surface area contributed by atoms with Gasteiger partial charge in [0.15, 0.2) is 0 Å². The number of carbonyl (C=O) groups excluding carboxylic acids is 1. The Bertz CT molecular complexity index is 533. The number of urea groups is 1. The van der Waals surface area contributed by atoms with E-state index < -0.39 is 0 Å². The van der Waals surface area contributed by atoms with Crippen LogP contribution in [0.4, 0.5) is 16.2 Å². The van der Waals surface area contributed by atoms with Crippen LogP contribution in [0.5, 0.6) is 0 Å². The quantitative estimate of drug-likeness (QED) is 0.739. The van der Waals surface area contributed by atoms with Crippen LogP contribution in [-0.2, 0) is 6.42 Å². The molecular weight excluding hydrogens is 250 g/mol. The van der Waals surface area contributed by atoms with E-state index in [9.17, 15) is 4.79 Å². The molecule has 0 atom stereocenters. The first-order chi connectivity index (χ1) is 9.56. The lowest BCUT2D eigenvalue weighted by molar-refractivity contribution is 0.180. The third kappa shape index (κ3) is 2.23. The van der Waals surface area contributed by atoms with Crippen LogP contribution in [0.1, 0.15) is 30.9 Å². The van der Waals surface area contributed by atoms with E-state index >= 15 is 0 Å². The maximum absolute atomic E-state index is 12.7. The number of likely N-dealkylation sites (tertiary alicyclic amines) is 1. The topological polar surface area (TPSA) is 49.6 Å². The summed E-state index contributed by atoms with van der Waals surface area (Å²) in [5.41, 5.74) is 10.1. The van der Waals surface area contributed by atoms with Crippen molar-refractivity contribution >= 4 is 17.4 Å². The number of benzene rings is 1. The number of hydrogen-bond acceptors (Lipinski definition) is 2. The molecule has 1 saturated heterocycles. The van der Waals surface area contributed by atoms with Crippen molar-refractivity contribution in [3.63, 3.8) is 0 Å². The molecule has 4 heteroatoms. The minimum Gasteiger partial charge on any atom is -0.398 e. The molecule has 2 amide bonds. The molecule has 1 fully saturated rings. The number of fused-ring (bicyclic) bond motifs is 1. The van der Waals surface area contributed by atoms with Gasteiger partial charge in [0.1, 0.15) is 0 Å². The lowest BCUT2D eigenvalue weighted by Crippen LogP contribution is -2.46. The van der Waals surface area contributed by atoms with Crippen LogP contribution in [0.2, 0.25) is 0 Å². The molecule has 1 aromatic carbocycles. The molecule has 2 aliphatic rings. The molecule has 0 unspecified atom stereocenters. The zero-order valence-electron chi connectivity index (χ0n) is 12.4. The van der Waals surface area contributed by atoms with Gasteiger partial charge in [0, 0.05) is 25.3 Å². The van der Waals surface area contributed by atoms with E-state index in [1.54, 1.807) is 0 Å². The van der Waals surface area contributed by atoms with Gasteiger partial charge in [-0.2, -0.15) is 0 Å². The molecule has 2 aliphatic heterocycles. The smallest absolute Gasteiger partial charge is 0.324 e. The highest BCUT2D eigenvalue weighted by Crippen LogP contribution is 2.33. The van der Waals surface area contributed by atoms with E-state index in [1.165, 1.54) is 5.56 Å². The van der Waals surface area contributed by atoms with E-state index in [4.69, 9.17) is 5.73 Å². The van der Waals surface area contributed by atoms with Gasteiger partial charge in [0.05, 0.1) is 5.69 Å². The fourth-order valence-corrected chi connectivity index (χ4v) is 3.15. The van der Waals surface area contributed by atoms with E-state index in [1.807, 2.05) is 22.8 Å². The van der Waals surface area contributed by atoms with E-state index in [2.05, 4.69) is 13.0 Å². The number of nitrogens with two attached hydrogens (primary N) is 1. The molecule has 0 radical (unpaired) electrons. The summed E-state index contributed by atoms with van der Waals surface area (Å²) in [6.45, 7) is 6.83. The zero-order valence-corrected chi connectivity index (χ0v) is 12.4. The number of aryl methyl sites for hydroxylation is 1. The van der Waals surface area contributed by atoms with E-state index in [0.717, 1.165) is 61.8 Å². The number of piperidine rings is 1. The molecule has 2 N–H and O–H groups in total. The lowest BCUT2D eigenvalue weighted by Gasteiger charge is -2.33. The number of hydrogen-bond donors (Lipinski definition) is 1. The summed E-state index contributed by atoms with van der Waals surface area (Å²) >= 11 is 0.